The molecule has 0 spiro atoms. The van der Waals surface area contributed by atoms with E-state index in [1.807, 2.05) is 0 Å². The van der Waals surface area contributed by atoms with Crippen LogP contribution in [0, 0.1) is 0 Å². The van der Waals surface area contributed by atoms with E-state index in [0.717, 1.165) is 50.9 Å². The Bertz CT molecular complexity index is 464. The third kappa shape index (κ3) is 1.84. The van der Waals surface area contributed by atoms with Gasteiger partial charge in [0.2, 0.25) is 0 Å². The van der Waals surface area contributed by atoms with E-state index in [0.29, 0.717) is 5.92 Å². The molecule has 0 radical (unpaired) electrons. The smallest absolute Gasteiger partial charge is 0.132 e. The van der Waals surface area contributed by atoms with Crippen molar-refractivity contribution < 1.29 is 4.74 Å². The first-order valence-corrected chi connectivity index (χ1v) is 7.10. The fourth-order valence-electron chi connectivity index (χ4n) is 3.05. The molecular formula is C14H19N3O. The minimum Gasteiger partial charge on any atom is -0.381 e. The maximum atomic E-state index is 5.44. The van der Waals surface area contributed by atoms with Crippen LogP contribution in [0.5, 0.6) is 0 Å². The van der Waals surface area contributed by atoms with Crippen molar-refractivity contribution in [1.82, 2.24) is 15.3 Å². The van der Waals surface area contributed by atoms with Crippen LogP contribution in [0.25, 0.3) is 0 Å². The fourth-order valence-corrected chi connectivity index (χ4v) is 3.05. The lowest BCUT2D eigenvalue weighted by Gasteiger charge is -2.22. The summed E-state index contributed by atoms with van der Waals surface area (Å²) in [6.07, 6.45) is 4.79. The second-order valence-corrected chi connectivity index (χ2v) is 5.66. The summed E-state index contributed by atoms with van der Waals surface area (Å²) in [6.45, 7) is 3.62. The zero-order valence-corrected chi connectivity index (χ0v) is 10.6. The van der Waals surface area contributed by atoms with E-state index in [1.165, 1.54) is 29.8 Å². The highest BCUT2D eigenvalue weighted by Gasteiger charge is 2.32. The molecule has 1 saturated heterocycles. The molecule has 96 valence electrons. The molecular weight excluding hydrogens is 226 g/mol. The highest BCUT2D eigenvalue weighted by Crippen LogP contribution is 2.42. The molecule has 1 aliphatic carbocycles. The zero-order chi connectivity index (χ0) is 11.9. The number of hydrogen-bond donors (Lipinski definition) is 1. The molecule has 2 fully saturated rings. The topological polar surface area (TPSA) is 47.0 Å². The van der Waals surface area contributed by atoms with Gasteiger partial charge >= 0.3 is 0 Å². The summed E-state index contributed by atoms with van der Waals surface area (Å²) in [4.78, 5) is 9.74. The summed E-state index contributed by atoms with van der Waals surface area (Å²) >= 11 is 0. The monoisotopic (exact) mass is 245 g/mol. The summed E-state index contributed by atoms with van der Waals surface area (Å²) in [5, 5.41) is 3.41. The van der Waals surface area contributed by atoms with Gasteiger partial charge in [-0.1, -0.05) is 0 Å². The number of rotatable bonds is 2. The number of ether oxygens (including phenoxy) is 1. The maximum Gasteiger partial charge on any atom is 0.132 e. The van der Waals surface area contributed by atoms with Crippen molar-refractivity contribution in [3.05, 3.63) is 22.8 Å². The van der Waals surface area contributed by atoms with Crippen LogP contribution in [-0.2, 0) is 17.8 Å². The predicted octanol–water partition coefficient (Wildman–Crippen LogP) is 1.85. The highest BCUT2D eigenvalue weighted by molar-refractivity contribution is 5.34. The molecule has 3 aliphatic rings. The van der Waals surface area contributed by atoms with Gasteiger partial charge < -0.3 is 10.1 Å². The van der Waals surface area contributed by atoms with Crippen molar-refractivity contribution in [1.29, 1.82) is 0 Å². The van der Waals surface area contributed by atoms with E-state index >= 15 is 0 Å². The summed E-state index contributed by atoms with van der Waals surface area (Å²) < 4.78 is 5.44. The van der Waals surface area contributed by atoms with Crippen LogP contribution in [0.2, 0.25) is 0 Å². The van der Waals surface area contributed by atoms with Gasteiger partial charge in [0.1, 0.15) is 5.82 Å². The number of nitrogens with one attached hydrogen (secondary N) is 1. The molecule has 18 heavy (non-hydrogen) atoms. The quantitative estimate of drug-likeness (QED) is 0.864. The molecule has 0 atom stereocenters. The molecule has 2 aliphatic heterocycles. The summed E-state index contributed by atoms with van der Waals surface area (Å²) in [5.41, 5.74) is 4.01. The third-order valence-corrected chi connectivity index (χ3v) is 4.29. The Labute approximate surface area is 107 Å². The Kier molecular flexibility index (Phi) is 2.59. The van der Waals surface area contributed by atoms with Gasteiger partial charge in [-0.25, -0.2) is 9.97 Å². The zero-order valence-electron chi connectivity index (χ0n) is 10.6. The number of nitrogens with zero attached hydrogens (tertiary/aromatic N) is 2. The van der Waals surface area contributed by atoms with Gasteiger partial charge in [-0.15, -0.1) is 0 Å². The summed E-state index contributed by atoms with van der Waals surface area (Å²) in [7, 11) is 0. The number of fused-ring (bicyclic) bond motifs is 1. The Hall–Kier alpha value is -1.00. The fraction of sp³-hybridized carbons (Fsp3) is 0.714. The molecule has 1 saturated carbocycles. The second kappa shape index (κ2) is 4.28. The summed E-state index contributed by atoms with van der Waals surface area (Å²) in [5.74, 6) is 2.32. The van der Waals surface area contributed by atoms with Crippen LogP contribution < -0.4 is 5.32 Å². The van der Waals surface area contributed by atoms with Crippen molar-refractivity contribution in [3.63, 3.8) is 0 Å². The Morgan fingerprint density at radius 3 is 2.56 bits per heavy atom. The average molecular weight is 245 g/mol. The Morgan fingerprint density at radius 2 is 1.78 bits per heavy atom. The highest BCUT2D eigenvalue weighted by atomic mass is 16.5. The SMILES string of the molecule is C1CC(c2nc3c(c(C4CC4)n2)CNC3)CCO1. The summed E-state index contributed by atoms with van der Waals surface area (Å²) in [6, 6.07) is 0. The van der Waals surface area contributed by atoms with Crippen LogP contribution in [-0.4, -0.2) is 23.2 Å². The van der Waals surface area contributed by atoms with Gasteiger partial charge in [0.15, 0.2) is 0 Å². The molecule has 0 unspecified atom stereocenters. The van der Waals surface area contributed by atoms with E-state index in [2.05, 4.69) is 5.32 Å². The van der Waals surface area contributed by atoms with Gasteiger partial charge in [-0.3, -0.25) is 0 Å². The molecule has 0 amide bonds. The van der Waals surface area contributed by atoms with E-state index in [-0.39, 0.29) is 0 Å². The number of hydrogen-bond acceptors (Lipinski definition) is 4. The van der Waals surface area contributed by atoms with E-state index in [4.69, 9.17) is 14.7 Å². The Balaban J connectivity index is 1.72. The average Bonchev–Trinajstić information content (AvgIpc) is 3.16. The molecule has 0 bridgehead atoms. The Morgan fingerprint density at radius 1 is 0.944 bits per heavy atom. The van der Waals surface area contributed by atoms with Crippen molar-refractivity contribution in [3.8, 4) is 0 Å². The van der Waals surface area contributed by atoms with E-state index in [1.54, 1.807) is 0 Å². The minimum absolute atomic E-state index is 0.516. The maximum absolute atomic E-state index is 5.44. The molecule has 3 heterocycles. The second-order valence-electron chi connectivity index (χ2n) is 5.66. The molecule has 4 heteroatoms. The molecule has 1 aromatic rings. The largest absolute Gasteiger partial charge is 0.381 e. The van der Waals surface area contributed by atoms with Crippen LogP contribution in [0.15, 0.2) is 0 Å². The van der Waals surface area contributed by atoms with Gasteiger partial charge in [0.05, 0.1) is 11.4 Å². The van der Waals surface area contributed by atoms with Gasteiger partial charge in [-0.2, -0.15) is 0 Å². The minimum atomic E-state index is 0.516. The lowest BCUT2D eigenvalue weighted by molar-refractivity contribution is 0.0835. The molecule has 4 rings (SSSR count). The first-order chi connectivity index (χ1) is 8.92. The first-order valence-electron chi connectivity index (χ1n) is 7.10. The van der Waals surface area contributed by atoms with Crippen LogP contribution in [0.4, 0.5) is 0 Å². The van der Waals surface area contributed by atoms with Crippen molar-refractivity contribution in [2.24, 2.45) is 0 Å². The lowest BCUT2D eigenvalue weighted by Crippen LogP contribution is -2.18. The van der Waals surface area contributed by atoms with Gasteiger partial charge in [-0.05, 0) is 25.7 Å². The van der Waals surface area contributed by atoms with Crippen molar-refractivity contribution in [2.75, 3.05) is 13.2 Å². The number of aromatic nitrogens is 2. The van der Waals surface area contributed by atoms with Gasteiger partial charge in [0.25, 0.3) is 0 Å². The van der Waals surface area contributed by atoms with Crippen LogP contribution >= 0.6 is 0 Å². The van der Waals surface area contributed by atoms with Gasteiger partial charge in [0, 0.05) is 43.7 Å². The standard InChI is InChI=1S/C14H19N3O/c1-2-9(1)13-11-7-15-8-12(11)16-14(17-13)10-3-5-18-6-4-10/h9-10,15H,1-8H2. The van der Waals surface area contributed by atoms with Crippen LogP contribution in [0.1, 0.15) is 60.3 Å². The molecule has 4 nitrogen and oxygen atoms in total. The van der Waals surface area contributed by atoms with Crippen LogP contribution in [0.3, 0.4) is 0 Å². The molecule has 0 aromatic carbocycles. The van der Waals surface area contributed by atoms with E-state index in [9.17, 15) is 0 Å². The predicted molar refractivity (Wildman–Crippen MR) is 67.3 cm³/mol. The molecule has 1 aromatic heterocycles. The lowest BCUT2D eigenvalue weighted by atomic mass is 9.98. The first kappa shape index (κ1) is 10.9. The normalized spacial score (nSPS) is 24.2. The molecule has 1 N–H and O–H groups in total. The van der Waals surface area contributed by atoms with Crippen molar-refractivity contribution in [2.45, 2.75) is 50.6 Å². The van der Waals surface area contributed by atoms with E-state index < -0.39 is 0 Å². The third-order valence-electron chi connectivity index (χ3n) is 4.29. The van der Waals surface area contributed by atoms with Crippen molar-refractivity contribution >= 4 is 0 Å².